The van der Waals surface area contributed by atoms with Gasteiger partial charge in [-0.2, -0.15) is 5.26 Å². The molecule has 2 atom stereocenters. The van der Waals surface area contributed by atoms with Crippen LogP contribution in [0, 0.1) is 17.2 Å². The summed E-state index contributed by atoms with van der Waals surface area (Å²) in [6.07, 6.45) is 4.09. The molecule has 7 heteroatoms. The summed E-state index contributed by atoms with van der Waals surface area (Å²) in [5.41, 5.74) is -0.520. The SMILES string of the molecule is CCn1c(SCCC2CCCC2(C#N)NC)n[nH]c1=O. The maximum Gasteiger partial charge on any atom is 0.343 e. The lowest BCUT2D eigenvalue weighted by atomic mass is 9.87. The number of rotatable bonds is 6. The number of H-pyrrole nitrogens is 1. The number of aromatic amines is 1. The van der Waals surface area contributed by atoms with Crippen molar-refractivity contribution in [1.29, 1.82) is 5.26 Å². The Bertz CT molecular complexity index is 546. The van der Waals surface area contributed by atoms with Gasteiger partial charge in [0.1, 0.15) is 5.54 Å². The molecule has 1 aliphatic rings. The van der Waals surface area contributed by atoms with E-state index in [0.717, 1.165) is 36.6 Å². The molecule has 0 bridgehead atoms. The number of aromatic nitrogens is 3. The summed E-state index contributed by atoms with van der Waals surface area (Å²) in [6, 6.07) is 2.46. The van der Waals surface area contributed by atoms with Crippen LogP contribution in [0.15, 0.2) is 9.95 Å². The highest BCUT2D eigenvalue weighted by molar-refractivity contribution is 7.99. The molecule has 0 spiro atoms. The molecule has 1 heterocycles. The first-order valence-electron chi connectivity index (χ1n) is 7.05. The summed E-state index contributed by atoms with van der Waals surface area (Å²) in [6.45, 7) is 2.55. The van der Waals surface area contributed by atoms with E-state index in [4.69, 9.17) is 0 Å². The summed E-state index contributed by atoms with van der Waals surface area (Å²) < 4.78 is 1.63. The van der Waals surface area contributed by atoms with Gasteiger partial charge in [-0.15, -0.1) is 5.10 Å². The van der Waals surface area contributed by atoms with E-state index in [1.807, 2.05) is 14.0 Å². The van der Waals surface area contributed by atoms with Gasteiger partial charge < -0.3 is 5.32 Å². The molecule has 0 amide bonds. The molecule has 2 unspecified atom stereocenters. The molecular formula is C13H21N5OS. The van der Waals surface area contributed by atoms with Crippen molar-refractivity contribution in [1.82, 2.24) is 20.1 Å². The zero-order valence-corrected chi connectivity index (χ0v) is 12.8. The van der Waals surface area contributed by atoms with E-state index in [2.05, 4.69) is 21.6 Å². The summed E-state index contributed by atoms with van der Waals surface area (Å²) in [7, 11) is 1.87. The molecule has 20 heavy (non-hydrogen) atoms. The van der Waals surface area contributed by atoms with Crippen LogP contribution in [0.1, 0.15) is 32.6 Å². The minimum atomic E-state index is -0.365. The number of hydrogen-bond donors (Lipinski definition) is 2. The van der Waals surface area contributed by atoms with E-state index in [0.29, 0.717) is 12.5 Å². The standard InChI is InChI=1S/C13H21N5OS/c1-3-18-11(19)16-17-12(18)20-8-6-10-5-4-7-13(10,9-14)15-2/h10,15H,3-8H2,1-2H3,(H,16,19). The van der Waals surface area contributed by atoms with Crippen molar-refractivity contribution in [2.24, 2.45) is 5.92 Å². The van der Waals surface area contributed by atoms with Crippen molar-refractivity contribution in [3.05, 3.63) is 10.5 Å². The second-order valence-electron chi connectivity index (χ2n) is 5.12. The summed E-state index contributed by atoms with van der Waals surface area (Å²) in [5, 5.41) is 19.9. The first-order valence-corrected chi connectivity index (χ1v) is 8.03. The highest BCUT2D eigenvalue weighted by atomic mass is 32.2. The summed E-state index contributed by atoms with van der Waals surface area (Å²) in [4.78, 5) is 11.5. The Morgan fingerprint density at radius 1 is 1.70 bits per heavy atom. The van der Waals surface area contributed by atoms with E-state index >= 15 is 0 Å². The van der Waals surface area contributed by atoms with E-state index in [1.54, 1.807) is 16.3 Å². The fourth-order valence-corrected chi connectivity index (χ4v) is 4.05. The smallest absolute Gasteiger partial charge is 0.302 e. The molecule has 0 aliphatic heterocycles. The number of thioether (sulfide) groups is 1. The van der Waals surface area contributed by atoms with Crippen LogP contribution in [0.4, 0.5) is 0 Å². The lowest BCUT2D eigenvalue weighted by molar-refractivity contribution is 0.332. The molecule has 1 aromatic heterocycles. The fourth-order valence-electron chi connectivity index (χ4n) is 2.99. The third-order valence-electron chi connectivity index (χ3n) is 4.20. The Morgan fingerprint density at radius 2 is 2.50 bits per heavy atom. The maximum absolute atomic E-state index is 11.5. The van der Waals surface area contributed by atoms with Gasteiger partial charge in [-0.25, -0.2) is 9.89 Å². The third-order valence-corrected chi connectivity index (χ3v) is 5.21. The van der Waals surface area contributed by atoms with Gasteiger partial charge >= 0.3 is 5.69 Å². The molecule has 2 rings (SSSR count). The quantitative estimate of drug-likeness (QED) is 0.774. The molecular weight excluding hydrogens is 274 g/mol. The summed E-state index contributed by atoms with van der Waals surface area (Å²) in [5.74, 6) is 1.26. The normalized spacial score (nSPS) is 25.8. The predicted molar refractivity (Wildman–Crippen MR) is 78.6 cm³/mol. The van der Waals surface area contributed by atoms with E-state index in [1.165, 1.54) is 0 Å². The number of hydrogen-bond acceptors (Lipinski definition) is 5. The Hall–Kier alpha value is -1.26. The maximum atomic E-state index is 11.5. The summed E-state index contributed by atoms with van der Waals surface area (Å²) >= 11 is 1.58. The van der Waals surface area contributed by atoms with Crippen molar-refractivity contribution in [3.8, 4) is 6.07 Å². The van der Waals surface area contributed by atoms with Gasteiger partial charge in [-0.3, -0.25) is 4.57 Å². The molecule has 1 fully saturated rings. The van der Waals surface area contributed by atoms with Gasteiger partial charge in [0.15, 0.2) is 5.16 Å². The monoisotopic (exact) mass is 295 g/mol. The Labute approximate surface area is 122 Å². The van der Waals surface area contributed by atoms with Gasteiger partial charge in [0.2, 0.25) is 0 Å². The highest BCUT2D eigenvalue weighted by Crippen LogP contribution is 2.38. The van der Waals surface area contributed by atoms with Gasteiger partial charge in [0.25, 0.3) is 0 Å². The van der Waals surface area contributed by atoms with Crippen LogP contribution in [0.3, 0.4) is 0 Å². The average molecular weight is 295 g/mol. The van der Waals surface area contributed by atoms with Crippen LogP contribution in [-0.2, 0) is 6.54 Å². The average Bonchev–Trinajstić information content (AvgIpc) is 3.03. The van der Waals surface area contributed by atoms with Gasteiger partial charge in [-0.1, -0.05) is 18.2 Å². The zero-order valence-electron chi connectivity index (χ0n) is 12.0. The van der Waals surface area contributed by atoms with Crippen molar-refractivity contribution < 1.29 is 0 Å². The number of nitrogens with one attached hydrogen (secondary N) is 2. The van der Waals surface area contributed by atoms with Gasteiger partial charge in [0, 0.05) is 12.3 Å². The molecule has 1 saturated carbocycles. The Morgan fingerprint density at radius 3 is 3.15 bits per heavy atom. The molecule has 0 aromatic carbocycles. The topological polar surface area (TPSA) is 86.5 Å². The Kier molecular flexibility index (Phi) is 4.89. The molecule has 110 valence electrons. The van der Waals surface area contributed by atoms with Gasteiger partial charge in [0.05, 0.1) is 6.07 Å². The second kappa shape index (κ2) is 6.46. The highest BCUT2D eigenvalue weighted by Gasteiger charge is 2.41. The molecule has 1 aliphatic carbocycles. The number of nitrogens with zero attached hydrogens (tertiary/aromatic N) is 3. The van der Waals surface area contributed by atoms with Crippen LogP contribution in [-0.4, -0.2) is 33.1 Å². The van der Waals surface area contributed by atoms with Crippen molar-refractivity contribution >= 4 is 11.8 Å². The van der Waals surface area contributed by atoms with Crippen LogP contribution in [0.5, 0.6) is 0 Å². The van der Waals surface area contributed by atoms with E-state index < -0.39 is 0 Å². The minimum Gasteiger partial charge on any atom is -0.302 e. The van der Waals surface area contributed by atoms with E-state index in [-0.39, 0.29) is 11.2 Å². The molecule has 2 N–H and O–H groups in total. The molecule has 6 nitrogen and oxygen atoms in total. The second-order valence-corrected chi connectivity index (χ2v) is 6.18. The minimum absolute atomic E-state index is 0.155. The predicted octanol–water partition coefficient (Wildman–Crippen LogP) is 1.36. The zero-order chi connectivity index (χ0) is 14.6. The van der Waals surface area contributed by atoms with Crippen molar-refractivity contribution in [3.63, 3.8) is 0 Å². The van der Waals surface area contributed by atoms with Crippen LogP contribution in [0.2, 0.25) is 0 Å². The Balaban J connectivity index is 1.93. The molecule has 0 radical (unpaired) electrons. The van der Waals surface area contributed by atoms with Crippen molar-refractivity contribution in [2.45, 2.75) is 49.8 Å². The van der Waals surface area contributed by atoms with Crippen LogP contribution < -0.4 is 11.0 Å². The largest absolute Gasteiger partial charge is 0.343 e. The van der Waals surface area contributed by atoms with E-state index in [9.17, 15) is 10.1 Å². The lowest BCUT2D eigenvalue weighted by Gasteiger charge is -2.28. The van der Waals surface area contributed by atoms with Crippen LogP contribution >= 0.6 is 11.8 Å². The van der Waals surface area contributed by atoms with Gasteiger partial charge in [-0.05, 0) is 39.2 Å². The third kappa shape index (κ3) is 2.76. The number of nitriles is 1. The molecule has 0 saturated heterocycles. The first-order chi connectivity index (χ1) is 9.66. The first kappa shape index (κ1) is 15.1. The fraction of sp³-hybridized carbons (Fsp3) is 0.769. The lowest BCUT2D eigenvalue weighted by Crippen LogP contribution is -2.44. The van der Waals surface area contributed by atoms with Crippen molar-refractivity contribution in [2.75, 3.05) is 12.8 Å². The molecule has 1 aromatic rings. The van der Waals surface area contributed by atoms with Crippen LogP contribution in [0.25, 0.3) is 0 Å².